The molecule has 1 nitrogen and oxygen atoms in total. The molecule has 0 aromatic heterocycles. The number of carbonyl (C=O) groups is 1. The summed E-state index contributed by atoms with van der Waals surface area (Å²) in [5, 5.41) is 0. The van der Waals surface area contributed by atoms with Crippen molar-refractivity contribution in [2.45, 2.75) is 19.8 Å². The molecular formula is C15H12O. The first kappa shape index (κ1) is 10.5. The van der Waals surface area contributed by atoms with Crippen molar-refractivity contribution in [3.8, 4) is 23.7 Å². The molecule has 0 aromatic rings. The Morgan fingerprint density at radius 3 is 3.06 bits per heavy atom. The molecule has 0 spiro atoms. The number of hydrogen-bond donors (Lipinski definition) is 0. The van der Waals surface area contributed by atoms with E-state index in [1.165, 1.54) is 0 Å². The molecule has 0 saturated heterocycles. The van der Waals surface area contributed by atoms with Crippen LogP contribution in [0.1, 0.15) is 19.8 Å². The van der Waals surface area contributed by atoms with Gasteiger partial charge in [-0.05, 0) is 37.3 Å². The molecule has 0 unspecified atom stereocenters. The second-order valence-corrected chi connectivity index (χ2v) is 4.08. The van der Waals surface area contributed by atoms with E-state index in [2.05, 4.69) is 36.3 Å². The summed E-state index contributed by atoms with van der Waals surface area (Å²) < 4.78 is 0. The van der Waals surface area contributed by atoms with Crippen LogP contribution in [0, 0.1) is 29.1 Å². The number of rotatable bonds is 1. The summed E-state index contributed by atoms with van der Waals surface area (Å²) >= 11 is 0. The fraction of sp³-hybridized carbons (Fsp3) is 0.267. The Bertz CT molecular complexity index is 537. The Morgan fingerprint density at radius 2 is 2.31 bits per heavy atom. The molecule has 1 heteroatoms. The first-order valence-electron chi connectivity index (χ1n) is 5.28. The van der Waals surface area contributed by atoms with Gasteiger partial charge in [-0.25, -0.2) is 0 Å². The summed E-state index contributed by atoms with van der Waals surface area (Å²) in [5.41, 5.74) is 1.30. The quantitative estimate of drug-likeness (QED) is 0.367. The van der Waals surface area contributed by atoms with E-state index in [1.54, 1.807) is 19.1 Å². The number of Topliss-reactive ketones (excluding diaryl/α,β-unsaturated/α-hetero) is 1. The third kappa shape index (κ3) is 1.73. The Labute approximate surface area is 95.9 Å². The van der Waals surface area contributed by atoms with Crippen LogP contribution < -0.4 is 0 Å². The number of fused-ring (bicyclic) bond motifs is 1. The molecule has 1 atom stereocenters. The normalized spacial score (nSPS) is 29.9. The lowest BCUT2D eigenvalue weighted by Gasteiger charge is -2.12. The minimum atomic E-state index is -0.848. The van der Waals surface area contributed by atoms with Gasteiger partial charge in [-0.1, -0.05) is 29.9 Å². The van der Waals surface area contributed by atoms with Crippen molar-refractivity contribution in [3.63, 3.8) is 0 Å². The predicted molar refractivity (Wildman–Crippen MR) is 64.3 cm³/mol. The number of carbonyl (C=O) groups excluding carboxylic acids is 1. The Balaban J connectivity index is 2.54. The van der Waals surface area contributed by atoms with Crippen LogP contribution in [0.5, 0.6) is 0 Å². The van der Waals surface area contributed by atoms with E-state index >= 15 is 0 Å². The summed E-state index contributed by atoms with van der Waals surface area (Å²) in [6.07, 6.45) is 7.45. The van der Waals surface area contributed by atoms with Gasteiger partial charge in [0.05, 0.1) is 0 Å². The second kappa shape index (κ2) is 3.87. The topological polar surface area (TPSA) is 17.1 Å². The average molecular weight is 208 g/mol. The Kier molecular flexibility index (Phi) is 2.55. The van der Waals surface area contributed by atoms with Gasteiger partial charge in [0.2, 0.25) is 5.78 Å². The highest BCUT2D eigenvalue weighted by Gasteiger charge is 2.26. The van der Waals surface area contributed by atoms with Gasteiger partial charge in [-0.15, -0.1) is 6.58 Å². The fourth-order valence-corrected chi connectivity index (χ4v) is 1.64. The van der Waals surface area contributed by atoms with Gasteiger partial charge in [0.25, 0.3) is 0 Å². The monoisotopic (exact) mass is 208 g/mol. The zero-order valence-electron chi connectivity index (χ0n) is 9.26. The smallest absolute Gasteiger partial charge is 0.227 e. The lowest BCUT2D eigenvalue weighted by Crippen LogP contribution is -2.21. The van der Waals surface area contributed by atoms with Crippen LogP contribution in [-0.4, -0.2) is 5.78 Å². The van der Waals surface area contributed by atoms with Crippen LogP contribution in [-0.2, 0) is 4.79 Å². The van der Waals surface area contributed by atoms with Crippen molar-refractivity contribution in [1.82, 2.24) is 0 Å². The molecular weight excluding hydrogens is 196 g/mol. The molecule has 2 aliphatic carbocycles. The van der Waals surface area contributed by atoms with Crippen molar-refractivity contribution in [1.29, 1.82) is 0 Å². The molecule has 0 N–H and O–H groups in total. The molecule has 16 heavy (non-hydrogen) atoms. The lowest BCUT2D eigenvalue weighted by molar-refractivity contribution is -0.117. The Morgan fingerprint density at radius 1 is 1.50 bits per heavy atom. The minimum absolute atomic E-state index is 0.188. The third-order valence-electron chi connectivity index (χ3n) is 2.88. The van der Waals surface area contributed by atoms with E-state index in [0.29, 0.717) is 0 Å². The van der Waals surface area contributed by atoms with Crippen molar-refractivity contribution in [3.05, 3.63) is 36.0 Å². The van der Waals surface area contributed by atoms with Crippen molar-refractivity contribution in [2.24, 2.45) is 5.41 Å². The molecule has 0 aliphatic heterocycles. The highest BCUT2D eigenvalue weighted by Crippen LogP contribution is 2.26. The van der Waals surface area contributed by atoms with Crippen LogP contribution in [0.2, 0.25) is 0 Å². The van der Waals surface area contributed by atoms with E-state index in [0.717, 1.165) is 24.0 Å². The molecule has 0 saturated carbocycles. The lowest BCUT2D eigenvalue weighted by atomic mass is 9.86. The molecule has 78 valence electrons. The van der Waals surface area contributed by atoms with E-state index in [-0.39, 0.29) is 5.78 Å². The van der Waals surface area contributed by atoms with Gasteiger partial charge < -0.3 is 0 Å². The predicted octanol–water partition coefficient (Wildman–Crippen LogP) is 2.41. The second-order valence-electron chi connectivity index (χ2n) is 4.08. The van der Waals surface area contributed by atoms with Gasteiger partial charge in [0.15, 0.2) is 0 Å². The molecule has 2 rings (SSSR count). The average Bonchev–Trinajstić information content (AvgIpc) is 2.73. The molecule has 0 heterocycles. The number of ketones is 1. The van der Waals surface area contributed by atoms with Gasteiger partial charge >= 0.3 is 0 Å². The summed E-state index contributed by atoms with van der Waals surface area (Å²) in [6.45, 7) is 5.42. The van der Waals surface area contributed by atoms with Crippen molar-refractivity contribution >= 4 is 5.78 Å². The SMILES string of the molecule is C=C[C@]1(C)C#CC2=CCC/C2=C/C#CC1=O. The van der Waals surface area contributed by atoms with Gasteiger partial charge in [-0.3, -0.25) is 4.79 Å². The fourth-order valence-electron chi connectivity index (χ4n) is 1.64. The highest BCUT2D eigenvalue weighted by atomic mass is 16.1. The van der Waals surface area contributed by atoms with E-state index in [9.17, 15) is 4.79 Å². The third-order valence-corrected chi connectivity index (χ3v) is 2.88. The zero-order chi connectivity index (χ0) is 11.6. The molecule has 0 amide bonds. The van der Waals surface area contributed by atoms with Gasteiger partial charge in [-0.2, -0.15) is 0 Å². The van der Waals surface area contributed by atoms with Crippen LogP contribution in [0.4, 0.5) is 0 Å². The van der Waals surface area contributed by atoms with Gasteiger partial charge in [0, 0.05) is 5.57 Å². The van der Waals surface area contributed by atoms with Crippen molar-refractivity contribution < 1.29 is 4.79 Å². The summed E-state index contributed by atoms with van der Waals surface area (Å²) in [5.74, 6) is 11.3. The van der Waals surface area contributed by atoms with E-state index < -0.39 is 5.41 Å². The minimum Gasteiger partial charge on any atom is -0.283 e. The van der Waals surface area contributed by atoms with Crippen LogP contribution in [0.3, 0.4) is 0 Å². The molecule has 2 aliphatic rings. The zero-order valence-corrected chi connectivity index (χ0v) is 9.26. The molecule has 0 bridgehead atoms. The standard InChI is InChI=1S/C15H12O/c1-3-15(2)11-10-13-7-4-6-12(13)8-5-9-14(15)16/h3,7-8H,1,4,6H2,2H3/b12-8-/t15-/m1/s1. The number of hydrogen-bond acceptors (Lipinski definition) is 1. The summed E-state index contributed by atoms with van der Waals surface area (Å²) in [4.78, 5) is 11.8. The largest absolute Gasteiger partial charge is 0.283 e. The summed E-state index contributed by atoms with van der Waals surface area (Å²) in [6, 6.07) is 0. The molecule has 0 fully saturated rings. The first-order chi connectivity index (χ1) is 7.65. The maximum Gasteiger partial charge on any atom is 0.227 e. The maximum atomic E-state index is 11.8. The van der Waals surface area contributed by atoms with Crippen molar-refractivity contribution in [2.75, 3.05) is 0 Å². The van der Waals surface area contributed by atoms with Gasteiger partial charge in [0.1, 0.15) is 5.41 Å². The maximum absolute atomic E-state index is 11.8. The Hall–Kier alpha value is -1.99. The molecule has 0 aromatic carbocycles. The van der Waals surface area contributed by atoms with Crippen LogP contribution in [0.15, 0.2) is 36.0 Å². The first-order valence-corrected chi connectivity index (χ1v) is 5.28. The number of allylic oxidation sites excluding steroid dienone is 5. The van der Waals surface area contributed by atoms with Crippen LogP contribution >= 0.6 is 0 Å². The summed E-state index contributed by atoms with van der Waals surface area (Å²) in [7, 11) is 0. The van der Waals surface area contributed by atoms with E-state index in [1.807, 2.05) is 0 Å². The van der Waals surface area contributed by atoms with Crippen LogP contribution in [0.25, 0.3) is 0 Å². The highest BCUT2D eigenvalue weighted by molar-refractivity contribution is 6.03. The van der Waals surface area contributed by atoms with E-state index in [4.69, 9.17) is 0 Å². The molecule has 0 radical (unpaired) electrons.